The number of amides is 1. The molecule has 0 unspecified atom stereocenters. The molecule has 0 saturated carbocycles. The number of benzene rings is 2. The topological polar surface area (TPSA) is 109 Å². The molecule has 38 heavy (non-hydrogen) atoms. The van der Waals surface area contributed by atoms with E-state index in [2.05, 4.69) is 26.4 Å². The lowest BCUT2D eigenvalue weighted by Crippen LogP contribution is -2.38. The van der Waals surface area contributed by atoms with E-state index in [1.807, 2.05) is 43.4 Å². The molecule has 0 radical (unpaired) electrons. The van der Waals surface area contributed by atoms with Crippen LogP contribution in [-0.4, -0.2) is 25.2 Å². The van der Waals surface area contributed by atoms with Gasteiger partial charge in [-0.1, -0.05) is 53.5 Å². The first-order valence-corrected chi connectivity index (χ1v) is 12.5. The monoisotopic (exact) mass is 550 g/mol. The summed E-state index contributed by atoms with van der Waals surface area (Å²) < 4.78 is 3.01. The van der Waals surface area contributed by atoms with Crippen molar-refractivity contribution in [3.8, 4) is 11.3 Å². The highest BCUT2D eigenvalue weighted by Crippen LogP contribution is 2.32. The van der Waals surface area contributed by atoms with E-state index in [0.29, 0.717) is 39.2 Å². The van der Waals surface area contributed by atoms with Crippen LogP contribution in [0, 0.1) is 0 Å². The van der Waals surface area contributed by atoms with Crippen LogP contribution in [-0.2, 0) is 24.8 Å². The van der Waals surface area contributed by atoms with Crippen LogP contribution in [0.3, 0.4) is 0 Å². The van der Waals surface area contributed by atoms with Gasteiger partial charge in [-0.25, -0.2) is 4.98 Å². The van der Waals surface area contributed by atoms with E-state index in [4.69, 9.17) is 23.2 Å². The van der Waals surface area contributed by atoms with Gasteiger partial charge in [0, 0.05) is 36.3 Å². The van der Waals surface area contributed by atoms with Gasteiger partial charge in [0.05, 0.1) is 36.1 Å². The largest absolute Gasteiger partial charge is 0.349 e. The van der Waals surface area contributed by atoms with E-state index < -0.39 is 6.04 Å². The Morgan fingerprint density at radius 3 is 2.61 bits per heavy atom. The Hall–Kier alpha value is -4.12. The summed E-state index contributed by atoms with van der Waals surface area (Å²) in [5.41, 5.74) is 8.64. The molecule has 0 spiro atoms. The first-order chi connectivity index (χ1) is 18.4. The number of carbonyl (C=O) groups excluding carboxylic acids is 1. The molecule has 12 heteroatoms. The molecular weight excluding hydrogens is 527 g/mol. The minimum atomic E-state index is -0.819. The van der Waals surface area contributed by atoms with Crippen LogP contribution in [0.15, 0.2) is 89.3 Å². The number of hydrogen-bond acceptors (Lipinski definition) is 7. The molecule has 0 fully saturated rings. The molecular formula is C26H24Cl2N8O2. The highest BCUT2D eigenvalue weighted by Gasteiger charge is 2.24. The van der Waals surface area contributed by atoms with Crippen molar-refractivity contribution in [3.05, 3.63) is 111 Å². The zero-order valence-electron chi connectivity index (χ0n) is 20.3. The van der Waals surface area contributed by atoms with E-state index in [9.17, 15) is 9.59 Å². The van der Waals surface area contributed by atoms with Gasteiger partial charge in [-0.05, 0) is 29.8 Å². The number of aryl methyl sites for hydroxylation is 1. The van der Waals surface area contributed by atoms with Crippen molar-refractivity contribution >= 4 is 34.8 Å². The van der Waals surface area contributed by atoms with Crippen LogP contribution in [0.2, 0.25) is 5.02 Å². The number of aromatic nitrogens is 4. The molecule has 0 aliphatic carbocycles. The summed E-state index contributed by atoms with van der Waals surface area (Å²) in [7, 11) is 1.81. The summed E-state index contributed by atoms with van der Waals surface area (Å²) in [6.07, 6.45) is 5.16. The van der Waals surface area contributed by atoms with E-state index in [-0.39, 0.29) is 18.0 Å². The van der Waals surface area contributed by atoms with Gasteiger partial charge in [0.1, 0.15) is 11.2 Å². The quantitative estimate of drug-likeness (QED) is 0.289. The normalized spacial score (nSPS) is 13.7. The van der Waals surface area contributed by atoms with E-state index in [1.165, 1.54) is 17.0 Å². The number of anilines is 1. The predicted octanol–water partition coefficient (Wildman–Crippen LogP) is 3.26. The average Bonchev–Trinajstić information content (AvgIpc) is 3.54. The SMILES string of the molecule is Cn1ccc(CNC(=O)[C@H](Cc2ccccc2)n2cnc(-c3cc(Cl)ccc3N3C=C(Cl)NN3)cc2=O)n1. The number of nitrogens with one attached hydrogen (secondary N) is 3. The average molecular weight is 551 g/mol. The second kappa shape index (κ2) is 11.1. The molecule has 0 saturated heterocycles. The van der Waals surface area contributed by atoms with Crippen molar-refractivity contribution in [2.75, 3.05) is 5.01 Å². The molecule has 1 atom stereocenters. The maximum Gasteiger partial charge on any atom is 0.254 e. The van der Waals surface area contributed by atoms with E-state index in [0.717, 1.165) is 5.56 Å². The van der Waals surface area contributed by atoms with Crippen molar-refractivity contribution in [2.45, 2.75) is 19.0 Å². The Morgan fingerprint density at radius 2 is 1.92 bits per heavy atom. The summed E-state index contributed by atoms with van der Waals surface area (Å²) >= 11 is 12.3. The summed E-state index contributed by atoms with van der Waals surface area (Å²) in [6, 6.07) is 17.2. The number of carbonyl (C=O) groups is 1. The fourth-order valence-electron chi connectivity index (χ4n) is 4.14. The molecule has 1 amide bonds. The molecule has 0 bridgehead atoms. The van der Waals surface area contributed by atoms with Crippen molar-refractivity contribution < 1.29 is 4.79 Å². The van der Waals surface area contributed by atoms with Gasteiger partial charge >= 0.3 is 0 Å². The van der Waals surface area contributed by atoms with E-state index in [1.54, 1.807) is 40.3 Å². The minimum Gasteiger partial charge on any atom is -0.349 e. The zero-order valence-corrected chi connectivity index (χ0v) is 21.8. The molecule has 194 valence electrons. The number of hydrazine groups is 2. The van der Waals surface area contributed by atoms with Crippen LogP contribution in [0.5, 0.6) is 0 Å². The highest BCUT2D eigenvalue weighted by molar-refractivity contribution is 6.31. The number of nitrogens with zero attached hydrogens (tertiary/aromatic N) is 5. The van der Waals surface area contributed by atoms with Gasteiger partial charge in [-0.15, -0.1) is 5.53 Å². The van der Waals surface area contributed by atoms with Crippen molar-refractivity contribution in [3.63, 3.8) is 0 Å². The summed E-state index contributed by atoms with van der Waals surface area (Å²) in [6.45, 7) is 0.240. The van der Waals surface area contributed by atoms with Crippen LogP contribution in [0.4, 0.5) is 5.69 Å². The summed E-state index contributed by atoms with van der Waals surface area (Å²) in [4.78, 5) is 31.3. The number of rotatable bonds is 8. The Kier molecular flexibility index (Phi) is 7.45. The highest BCUT2D eigenvalue weighted by atomic mass is 35.5. The fraction of sp³-hybridized carbons (Fsp3) is 0.154. The van der Waals surface area contributed by atoms with Crippen molar-refractivity contribution in [1.29, 1.82) is 0 Å². The van der Waals surface area contributed by atoms with Crippen LogP contribution in [0.1, 0.15) is 17.3 Å². The lowest BCUT2D eigenvalue weighted by Gasteiger charge is -2.21. The van der Waals surface area contributed by atoms with Crippen LogP contribution < -0.4 is 26.8 Å². The molecule has 1 aliphatic rings. The molecule has 3 N–H and O–H groups in total. The summed E-state index contributed by atoms with van der Waals surface area (Å²) in [5.74, 6) is -0.313. The van der Waals surface area contributed by atoms with Crippen molar-refractivity contribution in [1.82, 2.24) is 35.6 Å². The second-order valence-corrected chi connectivity index (χ2v) is 9.51. The lowest BCUT2D eigenvalue weighted by molar-refractivity contribution is -0.124. The maximum atomic E-state index is 13.4. The number of hydrogen-bond donors (Lipinski definition) is 3. The molecule has 4 aromatic rings. The first-order valence-electron chi connectivity index (χ1n) is 11.7. The van der Waals surface area contributed by atoms with Gasteiger partial charge in [-0.3, -0.25) is 29.3 Å². The number of halogens is 2. The first kappa shape index (κ1) is 25.5. The van der Waals surface area contributed by atoms with Crippen LogP contribution >= 0.6 is 23.2 Å². The van der Waals surface area contributed by atoms with Gasteiger partial charge in [0.25, 0.3) is 5.56 Å². The molecule has 2 aromatic carbocycles. The van der Waals surface area contributed by atoms with Gasteiger partial charge < -0.3 is 5.32 Å². The Balaban J connectivity index is 1.47. The zero-order chi connectivity index (χ0) is 26.6. The Bertz CT molecular complexity index is 1550. The third-order valence-electron chi connectivity index (χ3n) is 5.99. The fourth-order valence-corrected chi connectivity index (χ4v) is 4.46. The van der Waals surface area contributed by atoms with Crippen molar-refractivity contribution in [2.24, 2.45) is 7.05 Å². The molecule has 3 heterocycles. The predicted molar refractivity (Wildman–Crippen MR) is 146 cm³/mol. The Morgan fingerprint density at radius 1 is 1.11 bits per heavy atom. The molecule has 1 aliphatic heterocycles. The molecule has 2 aromatic heterocycles. The van der Waals surface area contributed by atoms with Gasteiger partial charge in [0.2, 0.25) is 5.91 Å². The maximum absolute atomic E-state index is 13.4. The van der Waals surface area contributed by atoms with Crippen LogP contribution in [0.25, 0.3) is 11.3 Å². The molecule has 10 nitrogen and oxygen atoms in total. The lowest BCUT2D eigenvalue weighted by atomic mass is 10.0. The molecule has 5 rings (SSSR count). The third-order valence-corrected chi connectivity index (χ3v) is 6.42. The Labute approximate surface area is 228 Å². The third kappa shape index (κ3) is 5.72. The smallest absolute Gasteiger partial charge is 0.254 e. The second-order valence-electron chi connectivity index (χ2n) is 8.67. The minimum absolute atomic E-state index is 0.240. The van der Waals surface area contributed by atoms with Gasteiger partial charge in [0.15, 0.2) is 0 Å². The standard InChI is InChI=1S/C26H24Cl2N8O2/c1-34-10-9-19(32-34)14-29-26(38)23(11-17-5-3-2-4-6-17)35-16-30-21(13-25(35)37)20-12-18(27)7-8-22(20)36-15-24(28)31-33-36/h2-10,12-13,15-16,23,31,33H,11,14H2,1H3,(H,29,38)/t23-/m0/s1. The summed E-state index contributed by atoms with van der Waals surface area (Å²) in [5, 5.41) is 9.73. The van der Waals surface area contributed by atoms with E-state index >= 15 is 0 Å². The van der Waals surface area contributed by atoms with Gasteiger partial charge in [-0.2, -0.15) is 5.10 Å².